The zero-order valence-electron chi connectivity index (χ0n) is 12.6. The van der Waals surface area contributed by atoms with Crippen molar-refractivity contribution >= 4 is 35.1 Å². The normalized spacial score (nSPS) is 25.1. The van der Waals surface area contributed by atoms with Crippen LogP contribution in [0.3, 0.4) is 0 Å². The first-order valence-electron chi connectivity index (χ1n) is 7.16. The minimum atomic E-state index is -4.47. The molecule has 1 aromatic rings. The molecule has 6 nitrogen and oxygen atoms in total. The number of nitrogens with two attached hydrogens (primary N) is 2. The number of ether oxygens (including phenoxy) is 1. The Kier molecular flexibility index (Phi) is 4.61. The van der Waals surface area contributed by atoms with Gasteiger partial charge in [-0.1, -0.05) is 23.2 Å². The van der Waals surface area contributed by atoms with Crippen molar-refractivity contribution in [2.24, 2.45) is 16.5 Å². The third-order valence-corrected chi connectivity index (χ3v) is 4.69. The summed E-state index contributed by atoms with van der Waals surface area (Å²) in [7, 11) is 0. The highest BCUT2D eigenvalue weighted by molar-refractivity contribution is 6.42. The number of guanidine groups is 1. The van der Waals surface area contributed by atoms with E-state index in [2.05, 4.69) is 4.99 Å². The van der Waals surface area contributed by atoms with E-state index in [-0.39, 0.29) is 16.5 Å². The number of nitrogens with zero attached hydrogens (tertiary/aromatic N) is 2. The van der Waals surface area contributed by atoms with Crippen molar-refractivity contribution in [2.75, 3.05) is 6.54 Å². The SMILES string of the molecule is NC(N)=NC(=O)CC1c2cc(Cl)c(Cl)cc2C2OC2N1CC(F)(F)F. The summed E-state index contributed by atoms with van der Waals surface area (Å²) in [5.41, 5.74) is 11.4. The first-order chi connectivity index (χ1) is 11.6. The molecule has 1 saturated heterocycles. The zero-order chi connectivity index (χ0) is 18.5. The molecule has 3 rings (SSSR count). The van der Waals surface area contributed by atoms with E-state index < -0.39 is 43.0 Å². The number of carbonyl (C=O) groups excluding carboxylic acids is 1. The summed E-state index contributed by atoms with van der Waals surface area (Å²) >= 11 is 12.0. The van der Waals surface area contributed by atoms with Crippen molar-refractivity contribution < 1.29 is 22.7 Å². The molecule has 3 unspecified atom stereocenters. The smallest absolute Gasteiger partial charge is 0.370 e. The summed E-state index contributed by atoms with van der Waals surface area (Å²) in [6.45, 7) is -1.24. The quantitative estimate of drug-likeness (QED) is 0.464. The van der Waals surface area contributed by atoms with Crippen molar-refractivity contribution in [1.29, 1.82) is 0 Å². The summed E-state index contributed by atoms with van der Waals surface area (Å²) in [6, 6.07) is 2.06. The second-order valence-electron chi connectivity index (χ2n) is 5.78. The van der Waals surface area contributed by atoms with Gasteiger partial charge in [0.25, 0.3) is 5.91 Å². The van der Waals surface area contributed by atoms with Gasteiger partial charge in [-0.3, -0.25) is 9.69 Å². The number of fused-ring (bicyclic) bond motifs is 3. The summed E-state index contributed by atoms with van der Waals surface area (Å²) in [4.78, 5) is 16.4. The first-order valence-corrected chi connectivity index (χ1v) is 7.91. The number of amides is 1. The molecule has 0 aromatic heterocycles. The van der Waals surface area contributed by atoms with E-state index in [0.717, 1.165) is 4.90 Å². The zero-order valence-corrected chi connectivity index (χ0v) is 14.1. The molecule has 2 aliphatic rings. The lowest BCUT2D eigenvalue weighted by Crippen LogP contribution is -2.42. The lowest BCUT2D eigenvalue weighted by atomic mass is 9.90. The monoisotopic (exact) mass is 396 g/mol. The third kappa shape index (κ3) is 3.84. The molecule has 136 valence electrons. The average Bonchev–Trinajstić information content (AvgIpc) is 3.23. The standard InChI is InChI=1S/C14H13Cl2F3N4O2/c15-7-1-5-6(2-8(7)16)11-12(25-11)23(4-14(17,18)19)9(5)3-10(24)22-13(20)21/h1-2,9,11-12H,3-4H2,(H4,20,21,22,24). The number of aliphatic imine (C=N–C) groups is 1. The highest BCUT2D eigenvalue weighted by Crippen LogP contribution is 2.54. The summed E-state index contributed by atoms with van der Waals surface area (Å²) < 4.78 is 44.3. The predicted molar refractivity (Wildman–Crippen MR) is 85.0 cm³/mol. The van der Waals surface area contributed by atoms with Crippen LogP contribution in [0, 0.1) is 0 Å². The van der Waals surface area contributed by atoms with E-state index in [1.165, 1.54) is 6.07 Å². The molecule has 0 saturated carbocycles. The van der Waals surface area contributed by atoms with Crippen LogP contribution in [0.4, 0.5) is 13.2 Å². The van der Waals surface area contributed by atoms with Crippen molar-refractivity contribution in [3.05, 3.63) is 33.3 Å². The van der Waals surface area contributed by atoms with Gasteiger partial charge >= 0.3 is 6.18 Å². The lowest BCUT2D eigenvalue weighted by Gasteiger charge is -2.34. The average molecular weight is 397 g/mol. The molecule has 11 heteroatoms. The fraction of sp³-hybridized carbons (Fsp3) is 0.429. The minimum absolute atomic E-state index is 0.172. The summed E-state index contributed by atoms with van der Waals surface area (Å²) in [5, 5.41) is 0.430. The van der Waals surface area contributed by atoms with Crippen LogP contribution in [0.15, 0.2) is 17.1 Å². The number of benzene rings is 1. The van der Waals surface area contributed by atoms with Crippen LogP contribution < -0.4 is 11.5 Å². The van der Waals surface area contributed by atoms with Gasteiger partial charge < -0.3 is 16.2 Å². The summed E-state index contributed by atoms with van der Waals surface area (Å²) in [6.07, 6.45) is -6.15. The molecular weight excluding hydrogens is 384 g/mol. The number of alkyl halides is 3. The van der Waals surface area contributed by atoms with Crippen LogP contribution in [0.5, 0.6) is 0 Å². The second-order valence-corrected chi connectivity index (χ2v) is 6.59. The van der Waals surface area contributed by atoms with E-state index >= 15 is 0 Å². The first kappa shape index (κ1) is 18.2. The van der Waals surface area contributed by atoms with Crippen LogP contribution in [0.2, 0.25) is 10.0 Å². The number of epoxide rings is 1. The lowest BCUT2D eigenvalue weighted by molar-refractivity contribution is -0.158. The number of halogens is 5. The van der Waals surface area contributed by atoms with Crippen LogP contribution >= 0.6 is 23.2 Å². The Balaban J connectivity index is 2.01. The Morgan fingerprint density at radius 1 is 1.24 bits per heavy atom. The van der Waals surface area contributed by atoms with Gasteiger partial charge in [0.1, 0.15) is 12.3 Å². The van der Waals surface area contributed by atoms with Gasteiger partial charge in [-0.15, -0.1) is 0 Å². The van der Waals surface area contributed by atoms with Crippen molar-refractivity contribution in [2.45, 2.75) is 31.0 Å². The molecule has 2 heterocycles. The molecule has 1 fully saturated rings. The Labute approximate surface area is 150 Å². The number of hydrogen-bond acceptors (Lipinski definition) is 3. The number of rotatable bonds is 3. The number of carbonyl (C=O) groups is 1. The molecular formula is C14H13Cl2F3N4O2. The molecule has 3 atom stereocenters. The predicted octanol–water partition coefficient (Wildman–Crippen LogP) is 2.50. The van der Waals surface area contributed by atoms with Crippen LogP contribution in [0.1, 0.15) is 29.7 Å². The molecule has 1 aromatic carbocycles. The molecule has 0 bridgehead atoms. The Morgan fingerprint density at radius 3 is 2.40 bits per heavy atom. The van der Waals surface area contributed by atoms with E-state index in [1.54, 1.807) is 6.07 Å². The third-order valence-electron chi connectivity index (χ3n) is 3.97. The largest absolute Gasteiger partial charge is 0.401 e. The van der Waals surface area contributed by atoms with Crippen molar-refractivity contribution in [3.63, 3.8) is 0 Å². The molecule has 2 aliphatic heterocycles. The van der Waals surface area contributed by atoms with Crippen LogP contribution in [0.25, 0.3) is 0 Å². The Bertz CT molecular complexity index is 752. The minimum Gasteiger partial charge on any atom is -0.370 e. The maximum absolute atomic E-state index is 13.0. The summed E-state index contributed by atoms with van der Waals surface area (Å²) in [5.74, 6) is -1.20. The molecule has 0 radical (unpaired) electrons. The van der Waals surface area contributed by atoms with E-state index in [4.69, 9.17) is 39.4 Å². The Morgan fingerprint density at radius 2 is 1.84 bits per heavy atom. The van der Waals surface area contributed by atoms with Gasteiger partial charge in [0.15, 0.2) is 5.96 Å². The van der Waals surface area contributed by atoms with Gasteiger partial charge in [0.05, 0.1) is 16.6 Å². The van der Waals surface area contributed by atoms with Crippen molar-refractivity contribution in [1.82, 2.24) is 4.90 Å². The maximum atomic E-state index is 13.0. The molecule has 0 aliphatic carbocycles. The fourth-order valence-electron chi connectivity index (χ4n) is 3.04. The second kappa shape index (κ2) is 6.31. The van der Waals surface area contributed by atoms with Gasteiger partial charge in [-0.25, -0.2) is 0 Å². The van der Waals surface area contributed by atoms with Gasteiger partial charge in [-0.2, -0.15) is 18.2 Å². The maximum Gasteiger partial charge on any atom is 0.401 e. The van der Waals surface area contributed by atoms with Crippen LogP contribution in [-0.4, -0.2) is 35.7 Å². The van der Waals surface area contributed by atoms with Crippen molar-refractivity contribution in [3.8, 4) is 0 Å². The molecule has 0 spiro atoms. The van der Waals surface area contributed by atoms with E-state index in [9.17, 15) is 18.0 Å². The highest BCUT2D eigenvalue weighted by atomic mass is 35.5. The van der Waals surface area contributed by atoms with Gasteiger partial charge in [0, 0.05) is 12.5 Å². The number of hydrogen-bond donors (Lipinski definition) is 2. The van der Waals surface area contributed by atoms with Gasteiger partial charge in [0.2, 0.25) is 0 Å². The highest BCUT2D eigenvalue weighted by Gasteiger charge is 2.55. The molecule has 4 N–H and O–H groups in total. The molecule has 1 amide bonds. The van der Waals surface area contributed by atoms with E-state index in [0.29, 0.717) is 11.1 Å². The van der Waals surface area contributed by atoms with Crippen LogP contribution in [-0.2, 0) is 9.53 Å². The molecule has 25 heavy (non-hydrogen) atoms. The van der Waals surface area contributed by atoms with E-state index in [1.807, 2.05) is 0 Å². The van der Waals surface area contributed by atoms with Gasteiger partial charge in [-0.05, 0) is 23.3 Å². The topological polar surface area (TPSA) is 97.2 Å². The fourth-order valence-corrected chi connectivity index (χ4v) is 3.39. The Hall–Kier alpha value is -1.55.